The number of ether oxygens (including phenoxy) is 1. The highest BCUT2D eigenvalue weighted by Crippen LogP contribution is 2.41. The first-order valence-corrected chi connectivity index (χ1v) is 14.1. The highest BCUT2D eigenvalue weighted by atomic mass is 35.5. The molecule has 216 valence electrons. The Morgan fingerprint density at radius 3 is 2.45 bits per heavy atom. The van der Waals surface area contributed by atoms with Gasteiger partial charge in [-0.05, 0) is 38.1 Å². The van der Waals surface area contributed by atoms with Gasteiger partial charge in [0.2, 0.25) is 5.88 Å². The third-order valence-electron chi connectivity index (χ3n) is 7.44. The summed E-state index contributed by atoms with van der Waals surface area (Å²) in [6, 6.07) is 16.0. The van der Waals surface area contributed by atoms with Crippen LogP contribution in [0.15, 0.2) is 65.6 Å². The summed E-state index contributed by atoms with van der Waals surface area (Å²) in [5.74, 6) is 0.190. The number of methoxy groups -OCH3 is 1. The van der Waals surface area contributed by atoms with E-state index in [1.54, 1.807) is 32.2 Å². The standard InChI is InChI=1S/C31H29Cl2N5O4/c1-18(39)19-13-15-38(16-19)17-20-10-11-25(36-30(20)42-3)23-8-4-6-21(27(23)32)22-7-5-9-26(28(22)33)35-29(40)24-12-14-34-37(2)31(24)41/h4-12,14,19H,13,15-17H2,1-3H3,(H,35,40). The zero-order valence-corrected chi connectivity index (χ0v) is 24.9. The van der Waals surface area contributed by atoms with E-state index in [9.17, 15) is 14.4 Å². The van der Waals surface area contributed by atoms with Crippen LogP contribution in [0, 0.1) is 5.92 Å². The fourth-order valence-corrected chi connectivity index (χ4v) is 5.71. The number of benzene rings is 2. The quantitative estimate of drug-likeness (QED) is 0.283. The minimum Gasteiger partial charge on any atom is -0.481 e. The summed E-state index contributed by atoms with van der Waals surface area (Å²) in [6.07, 6.45) is 2.24. The molecule has 11 heteroatoms. The average molecular weight is 607 g/mol. The van der Waals surface area contributed by atoms with Crippen molar-refractivity contribution in [3.63, 3.8) is 0 Å². The normalized spacial score (nSPS) is 15.0. The number of pyridine rings is 1. The van der Waals surface area contributed by atoms with Crippen molar-refractivity contribution in [3.05, 3.63) is 92.3 Å². The average Bonchev–Trinajstić information content (AvgIpc) is 3.45. The number of halogens is 2. The highest BCUT2D eigenvalue weighted by molar-refractivity contribution is 6.39. The number of amides is 1. The molecule has 1 amide bonds. The van der Waals surface area contributed by atoms with E-state index in [4.69, 9.17) is 32.9 Å². The summed E-state index contributed by atoms with van der Waals surface area (Å²) in [7, 11) is 3.05. The van der Waals surface area contributed by atoms with Crippen molar-refractivity contribution in [3.8, 4) is 28.3 Å². The number of Topliss-reactive ketones (excluding diaryl/α,β-unsaturated/α-hetero) is 1. The number of rotatable bonds is 8. The van der Waals surface area contributed by atoms with Crippen molar-refractivity contribution in [2.45, 2.75) is 19.9 Å². The second-order valence-corrected chi connectivity index (χ2v) is 10.9. The van der Waals surface area contributed by atoms with Crippen LogP contribution in [0.3, 0.4) is 0 Å². The number of aromatic nitrogens is 3. The first-order valence-electron chi connectivity index (χ1n) is 13.4. The third-order valence-corrected chi connectivity index (χ3v) is 8.25. The number of nitrogens with one attached hydrogen (secondary N) is 1. The van der Waals surface area contributed by atoms with E-state index in [1.807, 2.05) is 30.3 Å². The predicted molar refractivity (Wildman–Crippen MR) is 163 cm³/mol. The van der Waals surface area contributed by atoms with Gasteiger partial charge in [0.05, 0.1) is 28.5 Å². The number of nitrogens with zero attached hydrogens (tertiary/aromatic N) is 4. The third kappa shape index (κ3) is 5.94. The molecule has 0 bridgehead atoms. The number of likely N-dealkylation sites (tertiary alicyclic amines) is 1. The summed E-state index contributed by atoms with van der Waals surface area (Å²) < 4.78 is 6.72. The SMILES string of the molecule is COc1nc(-c2cccc(-c3cccc(NC(=O)c4ccnn(C)c4=O)c3Cl)c2Cl)ccc1CN1CCC(C(C)=O)C1. The van der Waals surface area contributed by atoms with Crippen molar-refractivity contribution < 1.29 is 14.3 Å². The van der Waals surface area contributed by atoms with E-state index in [0.29, 0.717) is 45.5 Å². The molecule has 1 aliphatic heterocycles. The van der Waals surface area contributed by atoms with E-state index in [1.165, 1.54) is 19.3 Å². The number of anilines is 1. The molecule has 1 fully saturated rings. The first kappa shape index (κ1) is 29.4. The molecule has 1 unspecified atom stereocenters. The van der Waals surface area contributed by atoms with Gasteiger partial charge < -0.3 is 10.1 Å². The Morgan fingerprint density at radius 1 is 1.02 bits per heavy atom. The van der Waals surface area contributed by atoms with E-state index < -0.39 is 11.5 Å². The number of hydrogen-bond donors (Lipinski definition) is 1. The molecule has 4 aromatic rings. The van der Waals surface area contributed by atoms with Crippen LogP contribution >= 0.6 is 23.2 Å². The van der Waals surface area contributed by atoms with Gasteiger partial charge in [-0.2, -0.15) is 5.10 Å². The molecule has 0 saturated carbocycles. The molecule has 2 aromatic heterocycles. The fraction of sp³-hybridized carbons (Fsp3) is 0.258. The summed E-state index contributed by atoms with van der Waals surface area (Å²) in [5.41, 5.74) is 3.23. The molecule has 1 aliphatic rings. The molecule has 42 heavy (non-hydrogen) atoms. The lowest BCUT2D eigenvalue weighted by Crippen LogP contribution is -2.28. The van der Waals surface area contributed by atoms with E-state index in [2.05, 4.69) is 15.3 Å². The maximum absolute atomic E-state index is 12.9. The molecule has 1 N–H and O–H groups in total. The van der Waals surface area contributed by atoms with Gasteiger partial charge in [-0.3, -0.25) is 19.3 Å². The van der Waals surface area contributed by atoms with Gasteiger partial charge in [0.1, 0.15) is 11.3 Å². The van der Waals surface area contributed by atoms with Crippen LogP contribution in [0.2, 0.25) is 10.0 Å². The zero-order valence-electron chi connectivity index (χ0n) is 23.4. The molecule has 2 aromatic carbocycles. The van der Waals surface area contributed by atoms with Crippen LogP contribution in [-0.2, 0) is 18.4 Å². The number of aryl methyl sites for hydroxylation is 1. The molecule has 1 atom stereocenters. The largest absolute Gasteiger partial charge is 0.481 e. The topological polar surface area (TPSA) is 106 Å². The van der Waals surface area contributed by atoms with Crippen LogP contribution in [-0.4, -0.2) is 51.6 Å². The number of carbonyl (C=O) groups is 2. The van der Waals surface area contributed by atoms with Crippen LogP contribution < -0.4 is 15.6 Å². The minimum atomic E-state index is -0.598. The van der Waals surface area contributed by atoms with Crippen molar-refractivity contribution in [2.75, 3.05) is 25.5 Å². The Morgan fingerprint density at radius 2 is 1.74 bits per heavy atom. The van der Waals surface area contributed by atoms with E-state index in [0.717, 1.165) is 29.8 Å². The maximum atomic E-state index is 12.9. The molecule has 3 heterocycles. The number of carbonyl (C=O) groups excluding carboxylic acids is 2. The Kier molecular flexibility index (Phi) is 8.72. The second kappa shape index (κ2) is 12.4. The summed E-state index contributed by atoms with van der Waals surface area (Å²) in [5, 5.41) is 7.27. The van der Waals surface area contributed by atoms with E-state index >= 15 is 0 Å². The van der Waals surface area contributed by atoms with Gasteiger partial charge in [0, 0.05) is 54.5 Å². The summed E-state index contributed by atoms with van der Waals surface area (Å²) in [6.45, 7) is 3.86. The lowest BCUT2D eigenvalue weighted by atomic mass is 10.00. The van der Waals surface area contributed by atoms with Crippen molar-refractivity contribution in [2.24, 2.45) is 13.0 Å². The Hall–Kier alpha value is -4.05. The Bertz CT molecular complexity index is 1740. The molecule has 5 rings (SSSR count). The number of ketones is 1. The summed E-state index contributed by atoms with van der Waals surface area (Å²) in [4.78, 5) is 44.0. The van der Waals surface area contributed by atoms with E-state index in [-0.39, 0.29) is 22.3 Å². The Balaban J connectivity index is 1.43. The smallest absolute Gasteiger partial charge is 0.279 e. The first-order chi connectivity index (χ1) is 20.2. The molecule has 0 radical (unpaired) electrons. The van der Waals surface area contributed by atoms with Crippen LogP contribution in [0.5, 0.6) is 5.88 Å². The van der Waals surface area contributed by atoms with Gasteiger partial charge >= 0.3 is 0 Å². The van der Waals surface area contributed by atoms with Crippen molar-refractivity contribution in [1.29, 1.82) is 0 Å². The van der Waals surface area contributed by atoms with Gasteiger partial charge in [0.15, 0.2) is 0 Å². The Labute approximate surface area is 253 Å². The fourth-order valence-electron chi connectivity index (χ4n) is 5.11. The molecule has 1 saturated heterocycles. The van der Waals surface area contributed by atoms with Gasteiger partial charge in [0.25, 0.3) is 11.5 Å². The highest BCUT2D eigenvalue weighted by Gasteiger charge is 2.26. The molecule has 0 spiro atoms. The predicted octanol–water partition coefficient (Wildman–Crippen LogP) is 5.49. The molecular weight excluding hydrogens is 577 g/mol. The van der Waals surface area contributed by atoms with Crippen molar-refractivity contribution in [1.82, 2.24) is 19.7 Å². The summed E-state index contributed by atoms with van der Waals surface area (Å²) >= 11 is 13.7. The van der Waals surface area contributed by atoms with Gasteiger partial charge in [-0.25, -0.2) is 9.67 Å². The van der Waals surface area contributed by atoms with Crippen molar-refractivity contribution >= 4 is 40.6 Å². The lowest BCUT2D eigenvalue weighted by molar-refractivity contribution is -0.120. The second-order valence-electron chi connectivity index (χ2n) is 10.2. The molecule has 9 nitrogen and oxygen atoms in total. The lowest BCUT2D eigenvalue weighted by Gasteiger charge is -2.18. The molecular formula is C31H29Cl2N5O4. The van der Waals surface area contributed by atoms with Gasteiger partial charge in [-0.15, -0.1) is 0 Å². The van der Waals surface area contributed by atoms with Gasteiger partial charge in [-0.1, -0.05) is 59.6 Å². The molecule has 0 aliphatic carbocycles. The minimum absolute atomic E-state index is 0.0548. The monoisotopic (exact) mass is 605 g/mol. The maximum Gasteiger partial charge on any atom is 0.279 e. The zero-order chi connectivity index (χ0) is 30.0. The van der Waals surface area contributed by atoms with Crippen LogP contribution in [0.1, 0.15) is 29.3 Å². The van der Waals surface area contributed by atoms with Crippen LogP contribution in [0.25, 0.3) is 22.4 Å². The van der Waals surface area contributed by atoms with Crippen LogP contribution in [0.4, 0.5) is 5.69 Å². The number of hydrogen-bond acceptors (Lipinski definition) is 7.